The Morgan fingerprint density at radius 3 is 2.50 bits per heavy atom. The third kappa shape index (κ3) is 4.49. The zero-order chi connectivity index (χ0) is 12.0. The minimum absolute atomic E-state index is 0.0138. The van der Waals surface area contributed by atoms with Gasteiger partial charge in [-0.25, -0.2) is 0 Å². The van der Waals surface area contributed by atoms with Crippen LogP contribution in [0.2, 0.25) is 0 Å². The number of ether oxygens (including phenoxy) is 2. The maximum atomic E-state index is 5.43. The van der Waals surface area contributed by atoms with Crippen molar-refractivity contribution in [1.29, 1.82) is 0 Å². The van der Waals surface area contributed by atoms with Crippen molar-refractivity contribution in [1.82, 2.24) is 5.01 Å². The van der Waals surface area contributed by atoms with Gasteiger partial charge in [0.2, 0.25) is 0 Å². The van der Waals surface area contributed by atoms with Crippen LogP contribution in [-0.4, -0.2) is 44.3 Å². The van der Waals surface area contributed by atoms with Gasteiger partial charge in [0.05, 0.1) is 13.2 Å². The highest BCUT2D eigenvalue weighted by Gasteiger charge is 2.18. The molecule has 0 N–H and O–H groups in total. The van der Waals surface area contributed by atoms with E-state index in [1.807, 2.05) is 19.1 Å². The molecule has 1 fully saturated rings. The van der Waals surface area contributed by atoms with E-state index in [2.05, 4.69) is 18.9 Å². The van der Waals surface area contributed by atoms with E-state index >= 15 is 0 Å². The summed E-state index contributed by atoms with van der Waals surface area (Å²) >= 11 is 0. The Labute approximate surface area is 98.6 Å². The minimum Gasteiger partial charge on any atom is -0.350 e. The van der Waals surface area contributed by atoms with Crippen LogP contribution in [0.3, 0.4) is 0 Å². The highest BCUT2D eigenvalue weighted by Crippen LogP contribution is 2.17. The molecule has 0 spiro atoms. The second kappa shape index (κ2) is 6.86. The first-order valence-corrected chi connectivity index (χ1v) is 6.11. The number of hydrazone groups is 1. The number of rotatable bonds is 6. The van der Waals surface area contributed by atoms with E-state index < -0.39 is 0 Å². The Bertz CT molecular complexity index is 223. The normalized spacial score (nSPS) is 20.1. The lowest BCUT2D eigenvalue weighted by Gasteiger charge is -2.17. The molecule has 1 aliphatic heterocycles. The van der Waals surface area contributed by atoms with Crippen LogP contribution in [0.1, 0.15) is 33.1 Å². The van der Waals surface area contributed by atoms with Crippen molar-refractivity contribution < 1.29 is 9.47 Å². The van der Waals surface area contributed by atoms with Crippen LogP contribution < -0.4 is 0 Å². The largest absolute Gasteiger partial charge is 0.350 e. The van der Waals surface area contributed by atoms with Crippen molar-refractivity contribution in [2.45, 2.75) is 39.4 Å². The van der Waals surface area contributed by atoms with Gasteiger partial charge in [-0.3, -0.25) is 0 Å². The fourth-order valence-electron chi connectivity index (χ4n) is 1.90. The highest BCUT2D eigenvalue weighted by molar-refractivity contribution is 5.85. The van der Waals surface area contributed by atoms with Crippen molar-refractivity contribution in [2.24, 2.45) is 11.0 Å². The molecule has 1 atom stereocenters. The minimum atomic E-state index is 0.0138. The fraction of sp³-hybridized carbons (Fsp3) is 0.917. The van der Waals surface area contributed by atoms with Gasteiger partial charge in [0, 0.05) is 19.8 Å². The first-order chi connectivity index (χ1) is 7.63. The van der Waals surface area contributed by atoms with E-state index in [4.69, 9.17) is 9.47 Å². The van der Waals surface area contributed by atoms with E-state index in [-0.39, 0.29) is 6.29 Å². The van der Waals surface area contributed by atoms with Gasteiger partial charge in [0.1, 0.15) is 0 Å². The average Bonchev–Trinajstić information content (AvgIpc) is 2.75. The fourth-order valence-corrected chi connectivity index (χ4v) is 1.90. The maximum absolute atomic E-state index is 5.43. The Morgan fingerprint density at radius 1 is 1.38 bits per heavy atom. The third-order valence-electron chi connectivity index (χ3n) is 2.79. The van der Waals surface area contributed by atoms with Crippen molar-refractivity contribution in [3.05, 3.63) is 0 Å². The number of hydrogen-bond donors (Lipinski definition) is 0. The van der Waals surface area contributed by atoms with Gasteiger partial charge < -0.3 is 14.5 Å². The smallest absolute Gasteiger partial charge is 0.157 e. The van der Waals surface area contributed by atoms with Crippen LogP contribution >= 0.6 is 0 Å². The zero-order valence-electron chi connectivity index (χ0n) is 10.9. The standard InChI is InChI=1S/C12H24N2O2/c1-5-11(13-14(3)4)10(2)6-7-12-15-8-9-16-12/h10,12H,5-9H2,1-4H3. The average molecular weight is 228 g/mol. The summed E-state index contributed by atoms with van der Waals surface area (Å²) in [5, 5.41) is 6.38. The van der Waals surface area contributed by atoms with Crippen molar-refractivity contribution >= 4 is 5.71 Å². The predicted molar refractivity (Wildman–Crippen MR) is 65.5 cm³/mol. The first kappa shape index (κ1) is 13.5. The van der Waals surface area contributed by atoms with Gasteiger partial charge in [-0.2, -0.15) is 5.10 Å². The molecule has 1 rings (SSSR count). The van der Waals surface area contributed by atoms with Gasteiger partial charge in [0.15, 0.2) is 6.29 Å². The van der Waals surface area contributed by atoms with Gasteiger partial charge in [-0.1, -0.05) is 13.8 Å². The number of nitrogens with zero attached hydrogens (tertiary/aromatic N) is 2. The summed E-state index contributed by atoms with van der Waals surface area (Å²) in [5.74, 6) is 0.500. The molecule has 1 aliphatic rings. The molecule has 1 saturated heterocycles. The summed E-state index contributed by atoms with van der Waals surface area (Å²) in [6.45, 7) is 5.86. The second-order valence-corrected chi connectivity index (χ2v) is 4.44. The SMILES string of the molecule is CCC(=NN(C)C)C(C)CCC1OCCO1. The molecule has 1 heterocycles. The molecular weight excluding hydrogens is 204 g/mol. The van der Waals surface area contributed by atoms with Gasteiger partial charge >= 0.3 is 0 Å². The summed E-state index contributed by atoms with van der Waals surface area (Å²) in [4.78, 5) is 0. The molecule has 0 saturated carbocycles. The van der Waals surface area contributed by atoms with E-state index in [1.54, 1.807) is 0 Å². The lowest BCUT2D eigenvalue weighted by atomic mass is 9.98. The first-order valence-electron chi connectivity index (χ1n) is 6.11. The molecule has 1 unspecified atom stereocenters. The molecular formula is C12H24N2O2. The van der Waals surface area contributed by atoms with Gasteiger partial charge in [-0.05, 0) is 25.2 Å². The van der Waals surface area contributed by atoms with Crippen LogP contribution in [0, 0.1) is 5.92 Å². The molecule has 0 aromatic rings. The molecule has 0 aromatic carbocycles. The topological polar surface area (TPSA) is 34.1 Å². The van der Waals surface area contributed by atoms with Crippen LogP contribution in [0.5, 0.6) is 0 Å². The van der Waals surface area contributed by atoms with E-state index in [1.165, 1.54) is 5.71 Å². The third-order valence-corrected chi connectivity index (χ3v) is 2.79. The molecule has 0 aliphatic carbocycles. The summed E-state index contributed by atoms with van der Waals surface area (Å²) in [6.07, 6.45) is 3.06. The summed E-state index contributed by atoms with van der Waals surface area (Å²) < 4.78 is 10.9. The van der Waals surface area contributed by atoms with Crippen molar-refractivity contribution in [3.63, 3.8) is 0 Å². The molecule has 16 heavy (non-hydrogen) atoms. The Kier molecular flexibility index (Phi) is 5.77. The molecule has 0 bridgehead atoms. The predicted octanol–water partition coefficient (Wildman–Crippen LogP) is 2.10. The molecule has 4 nitrogen and oxygen atoms in total. The molecule has 94 valence electrons. The van der Waals surface area contributed by atoms with Crippen LogP contribution in [0.4, 0.5) is 0 Å². The molecule has 4 heteroatoms. The number of hydrogen-bond acceptors (Lipinski definition) is 4. The van der Waals surface area contributed by atoms with Crippen LogP contribution in [0.15, 0.2) is 5.10 Å². The highest BCUT2D eigenvalue weighted by atomic mass is 16.7. The summed E-state index contributed by atoms with van der Waals surface area (Å²) in [5.41, 5.74) is 1.25. The lowest BCUT2D eigenvalue weighted by Crippen LogP contribution is -2.18. The monoisotopic (exact) mass is 228 g/mol. The Hall–Kier alpha value is -0.610. The summed E-state index contributed by atoms with van der Waals surface area (Å²) in [7, 11) is 3.93. The summed E-state index contributed by atoms with van der Waals surface area (Å²) in [6, 6.07) is 0. The van der Waals surface area contributed by atoms with Gasteiger partial charge in [0.25, 0.3) is 0 Å². The Morgan fingerprint density at radius 2 is 2.00 bits per heavy atom. The lowest BCUT2D eigenvalue weighted by molar-refractivity contribution is -0.0487. The zero-order valence-corrected chi connectivity index (χ0v) is 10.9. The molecule has 0 amide bonds. The van der Waals surface area contributed by atoms with Crippen molar-refractivity contribution in [2.75, 3.05) is 27.3 Å². The Balaban J connectivity index is 2.33. The maximum Gasteiger partial charge on any atom is 0.157 e. The van der Waals surface area contributed by atoms with E-state index in [0.29, 0.717) is 5.92 Å². The van der Waals surface area contributed by atoms with Gasteiger partial charge in [-0.15, -0.1) is 0 Å². The molecule has 0 radical (unpaired) electrons. The quantitative estimate of drug-likeness (QED) is 0.516. The van der Waals surface area contributed by atoms with Crippen LogP contribution in [0.25, 0.3) is 0 Å². The molecule has 0 aromatic heterocycles. The van der Waals surface area contributed by atoms with E-state index in [9.17, 15) is 0 Å². The van der Waals surface area contributed by atoms with E-state index in [0.717, 1.165) is 32.5 Å². The van der Waals surface area contributed by atoms with Crippen LogP contribution in [-0.2, 0) is 9.47 Å². The second-order valence-electron chi connectivity index (χ2n) is 4.44. The van der Waals surface area contributed by atoms with Crippen molar-refractivity contribution in [3.8, 4) is 0 Å².